The number of benzene rings is 3. The minimum atomic E-state index is -3.86. The number of hydrogen-bond acceptors (Lipinski definition) is 3. The number of rotatable bonds is 4. The Labute approximate surface area is 195 Å². The third-order valence-corrected chi connectivity index (χ3v) is 7.62. The van der Waals surface area contributed by atoms with Crippen LogP contribution in [0.25, 0.3) is 5.76 Å². The molecule has 172 valence electrons. The van der Waals surface area contributed by atoms with Crippen LogP contribution in [0, 0.1) is 12.7 Å². The van der Waals surface area contributed by atoms with Gasteiger partial charge in [0.25, 0.3) is 10.0 Å². The van der Waals surface area contributed by atoms with Crippen LogP contribution in [0.4, 0.5) is 4.39 Å². The summed E-state index contributed by atoms with van der Waals surface area (Å²) in [6.07, 6.45) is 1.51. The molecular formula is C27H28FNO3S. The molecule has 1 unspecified atom stereocenters. The van der Waals surface area contributed by atoms with Crippen LogP contribution in [0.3, 0.4) is 0 Å². The van der Waals surface area contributed by atoms with E-state index in [4.69, 9.17) is 4.74 Å². The quantitative estimate of drug-likeness (QED) is 0.461. The molecule has 3 aromatic rings. The fourth-order valence-electron chi connectivity index (χ4n) is 3.77. The van der Waals surface area contributed by atoms with E-state index in [9.17, 15) is 12.8 Å². The van der Waals surface area contributed by atoms with Gasteiger partial charge in [-0.05, 0) is 59.9 Å². The van der Waals surface area contributed by atoms with Crippen LogP contribution in [0.15, 0.2) is 83.9 Å². The van der Waals surface area contributed by atoms with Crippen molar-refractivity contribution in [1.82, 2.24) is 4.31 Å². The number of sulfonamides is 1. The van der Waals surface area contributed by atoms with E-state index in [0.717, 1.165) is 11.1 Å². The highest BCUT2D eigenvalue weighted by atomic mass is 32.2. The summed E-state index contributed by atoms with van der Waals surface area (Å²) in [7, 11) is -3.86. The van der Waals surface area contributed by atoms with Crippen molar-refractivity contribution in [2.24, 2.45) is 0 Å². The van der Waals surface area contributed by atoms with Crippen LogP contribution >= 0.6 is 0 Å². The monoisotopic (exact) mass is 465 g/mol. The molecule has 0 radical (unpaired) electrons. The second-order valence-electron chi connectivity index (χ2n) is 9.35. The fourth-order valence-corrected chi connectivity index (χ4v) is 5.25. The van der Waals surface area contributed by atoms with E-state index in [-0.39, 0.29) is 22.7 Å². The average Bonchev–Trinajstić information content (AvgIpc) is 2.79. The molecule has 0 aliphatic carbocycles. The van der Waals surface area contributed by atoms with E-state index in [0.29, 0.717) is 11.3 Å². The Morgan fingerprint density at radius 2 is 1.52 bits per heavy atom. The summed E-state index contributed by atoms with van der Waals surface area (Å²) in [5.41, 5.74) is 3.59. The van der Waals surface area contributed by atoms with E-state index >= 15 is 0 Å². The number of halogens is 1. The van der Waals surface area contributed by atoms with Crippen molar-refractivity contribution < 1.29 is 17.5 Å². The van der Waals surface area contributed by atoms with Gasteiger partial charge in [0.2, 0.25) is 0 Å². The normalized spacial score (nSPS) is 16.8. The fraction of sp³-hybridized carbons (Fsp3) is 0.259. The lowest BCUT2D eigenvalue weighted by atomic mass is 9.86. The van der Waals surface area contributed by atoms with Crippen molar-refractivity contribution in [2.75, 3.05) is 6.61 Å². The predicted octanol–water partition coefficient (Wildman–Crippen LogP) is 6.19. The maximum absolute atomic E-state index is 13.7. The number of nitrogens with zero attached hydrogens (tertiary/aromatic N) is 1. The van der Waals surface area contributed by atoms with Gasteiger partial charge in [0, 0.05) is 5.56 Å². The number of aryl methyl sites for hydroxylation is 1. The zero-order valence-corrected chi connectivity index (χ0v) is 20.1. The molecule has 1 aliphatic heterocycles. The Balaban J connectivity index is 1.79. The van der Waals surface area contributed by atoms with Gasteiger partial charge in [-0.1, -0.05) is 62.7 Å². The maximum Gasteiger partial charge on any atom is 0.264 e. The van der Waals surface area contributed by atoms with Crippen molar-refractivity contribution in [3.63, 3.8) is 0 Å². The van der Waals surface area contributed by atoms with E-state index in [1.165, 1.54) is 28.2 Å². The maximum atomic E-state index is 13.7. The molecule has 33 heavy (non-hydrogen) atoms. The van der Waals surface area contributed by atoms with Gasteiger partial charge >= 0.3 is 0 Å². The second kappa shape index (κ2) is 8.67. The molecule has 4 nitrogen and oxygen atoms in total. The first kappa shape index (κ1) is 23.1. The van der Waals surface area contributed by atoms with Crippen LogP contribution in [0.1, 0.15) is 49.1 Å². The minimum Gasteiger partial charge on any atom is -0.489 e. The largest absolute Gasteiger partial charge is 0.489 e. The third-order valence-electron chi connectivity index (χ3n) is 5.83. The Hall–Kier alpha value is -3.12. The molecule has 0 saturated carbocycles. The molecule has 0 aromatic heterocycles. The molecule has 1 heterocycles. The van der Waals surface area contributed by atoms with E-state index in [1.54, 1.807) is 36.4 Å². The molecule has 0 fully saturated rings. The summed E-state index contributed by atoms with van der Waals surface area (Å²) < 4.78 is 48.2. The molecular weight excluding hydrogens is 437 g/mol. The Bertz CT molecular complexity index is 1260. The van der Waals surface area contributed by atoms with Gasteiger partial charge < -0.3 is 4.74 Å². The number of ether oxygens (including phenoxy) is 1. The van der Waals surface area contributed by atoms with Crippen LogP contribution in [-0.4, -0.2) is 19.3 Å². The van der Waals surface area contributed by atoms with Gasteiger partial charge in [-0.3, -0.25) is 4.31 Å². The van der Waals surface area contributed by atoms with Gasteiger partial charge in [0.05, 0.1) is 11.1 Å². The summed E-state index contributed by atoms with van der Waals surface area (Å²) in [6.45, 7) is 8.47. The molecule has 0 bridgehead atoms. The lowest BCUT2D eigenvalue weighted by Crippen LogP contribution is -2.36. The van der Waals surface area contributed by atoms with Gasteiger partial charge in [0.15, 0.2) is 0 Å². The molecule has 0 amide bonds. The standard InChI is InChI=1S/C27H28FNO3S/c1-19-5-15-24(16-6-19)33(30,31)29-17-26(21-9-13-23(28)14-10-21)32-18-25(29)20-7-11-22(12-8-20)27(2,3)4/h5-17,25H,18H2,1-4H3. The summed E-state index contributed by atoms with van der Waals surface area (Å²) in [6, 6.07) is 20.1. The third kappa shape index (κ3) is 4.81. The number of hydrogen-bond donors (Lipinski definition) is 0. The lowest BCUT2D eigenvalue weighted by Gasteiger charge is -2.35. The Morgan fingerprint density at radius 3 is 2.09 bits per heavy atom. The average molecular weight is 466 g/mol. The van der Waals surface area contributed by atoms with Crippen molar-refractivity contribution >= 4 is 15.8 Å². The lowest BCUT2D eigenvalue weighted by molar-refractivity contribution is 0.178. The first-order chi connectivity index (χ1) is 15.6. The van der Waals surface area contributed by atoms with Gasteiger partial charge in [0.1, 0.15) is 24.2 Å². The van der Waals surface area contributed by atoms with E-state index in [2.05, 4.69) is 20.8 Å². The molecule has 0 saturated heterocycles. The van der Waals surface area contributed by atoms with E-state index in [1.807, 2.05) is 31.2 Å². The first-order valence-corrected chi connectivity index (χ1v) is 12.3. The van der Waals surface area contributed by atoms with Crippen LogP contribution in [0.5, 0.6) is 0 Å². The summed E-state index contributed by atoms with van der Waals surface area (Å²) in [4.78, 5) is 0.209. The topological polar surface area (TPSA) is 46.6 Å². The van der Waals surface area contributed by atoms with E-state index < -0.39 is 16.1 Å². The van der Waals surface area contributed by atoms with Crippen LogP contribution < -0.4 is 0 Å². The molecule has 6 heteroatoms. The van der Waals surface area contributed by atoms with Crippen molar-refractivity contribution in [1.29, 1.82) is 0 Å². The van der Waals surface area contributed by atoms with Crippen molar-refractivity contribution in [3.05, 3.63) is 107 Å². The highest BCUT2D eigenvalue weighted by molar-refractivity contribution is 7.89. The smallest absolute Gasteiger partial charge is 0.264 e. The van der Waals surface area contributed by atoms with Gasteiger partial charge in [-0.15, -0.1) is 0 Å². The highest BCUT2D eigenvalue weighted by Crippen LogP contribution is 2.36. The molecule has 0 spiro atoms. The molecule has 3 aromatic carbocycles. The zero-order chi connectivity index (χ0) is 23.8. The first-order valence-electron chi connectivity index (χ1n) is 10.9. The van der Waals surface area contributed by atoms with Crippen molar-refractivity contribution in [2.45, 2.75) is 44.0 Å². The molecule has 1 aliphatic rings. The predicted molar refractivity (Wildman–Crippen MR) is 128 cm³/mol. The Morgan fingerprint density at radius 1 is 0.909 bits per heavy atom. The summed E-state index contributed by atoms with van der Waals surface area (Å²) in [5, 5.41) is 0. The zero-order valence-electron chi connectivity index (χ0n) is 19.2. The molecule has 1 atom stereocenters. The van der Waals surface area contributed by atoms with Crippen molar-refractivity contribution in [3.8, 4) is 0 Å². The van der Waals surface area contributed by atoms with Crippen LogP contribution in [-0.2, 0) is 20.2 Å². The summed E-state index contributed by atoms with van der Waals surface area (Å²) in [5.74, 6) is 0.0179. The molecule has 0 N–H and O–H groups in total. The highest BCUT2D eigenvalue weighted by Gasteiger charge is 2.35. The van der Waals surface area contributed by atoms with Gasteiger partial charge in [-0.25, -0.2) is 12.8 Å². The second-order valence-corrected chi connectivity index (χ2v) is 11.2. The minimum absolute atomic E-state index is 0.00902. The Kier molecular flexibility index (Phi) is 6.06. The SMILES string of the molecule is Cc1ccc(S(=O)(=O)N2C=C(c3ccc(F)cc3)OCC2c2ccc(C(C)(C)C)cc2)cc1. The van der Waals surface area contributed by atoms with Gasteiger partial charge in [-0.2, -0.15) is 0 Å². The van der Waals surface area contributed by atoms with Crippen LogP contribution in [0.2, 0.25) is 0 Å². The summed E-state index contributed by atoms with van der Waals surface area (Å²) >= 11 is 0. The molecule has 4 rings (SSSR count).